The van der Waals surface area contributed by atoms with Crippen molar-refractivity contribution in [1.82, 2.24) is 111 Å². The van der Waals surface area contributed by atoms with Crippen LogP contribution in [0.3, 0.4) is 0 Å². The van der Waals surface area contributed by atoms with Gasteiger partial charge in [-0.1, -0.05) is 57.5 Å². The number of halogens is 3. The molecule has 14 heterocycles. The summed E-state index contributed by atoms with van der Waals surface area (Å²) in [7, 11) is 0. The fourth-order valence-electron chi connectivity index (χ4n) is 14.9. The Morgan fingerprint density at radius 2 is 0.854 bits per heavy atom. The smallest absolute Gasteiger partial charge is 0.420 e. The van der Waals surface area contributed by atoms with Crippen LogP contribution in [0.5, 0.6) is 5.75 Å². The number of carbonyl (C=O) groups is 5. The molecule has 746 valence electrons. The van der Waals surface area contributed by atoms with Crippen LogP contribution in [0.1, 0.15) is 116 Å². The first-order valence-electron chi connectivity index (χ1n) is 45.7. The van der Waals surface area contributed by atoms with E-state index in [4.69, 9.17) is 14.5 Å². The maximum atomic E-state index is 13.0. The van der Waals surface area contributed by atoms with Crippen molar-refractivity contribution < 1.29 is 77.3 Å². The molecule has 0 saturated carbocycles. The topological polar surface area (TPSA) is 547 Å². The number of carboxylic acid groups (broad SMARTS) is 1. The lowest BCUT2D eigenvalue weighted by atomic mass is 9.80. The molecular weight excluding hydrogens is 1940 g/mol. The molecule has 12 aromatic heterocycles. The number of rotatable bonds is 27. The average molecular weight is 2040 g/mol. The van der Waals surface area contributed by atoms with Crippen LogP contribution < -0.4 is 52.2 Å². The molecule has 2 aliphatic rings. The van der Waals surface area contributed by atoms with Crippen LogP contribution >= 0.6 is 45.3 Å². The van der Waals surface area contributed by atoms with Gasteiger partial charge in [-0.2, -0.15) is 13.2 Å². The molecule has 3 unspecified atom stereocenters. The van der Waals surface area contributed by atoms with Crippen LogP contribution in [0.2, 0.25) is 0 Å². The third kappa shape index (κ3) is 25.9. The van der Waals surface area contributed by atoms with Crippen LogP contribution in [0.25, 0.3) is 131 Å². The van der Waals surface area contributed by atoms with E-state index < -0.39 is 59.8 Å². The summed E-state index contributed by atoms with van der Waals surface area (Å²) in [6, 6.07) is 29.2. The summed E-state index contributed by atoms with van der Waals surface area (Å²) in [5, 5.41) is 81.7. The van der Waals surface area contributed by atoms with E-state index in [1.807, 2.05) is 93.6 Å². The number of nitrogens with one attached hydrogen (secondary N) is 8. The van der Waals surface area contributed by atoms with Gasteiger partial charge in [0.1, 0.15) is 36.5 Å². The molecule has 18 rings (SSSR count). The number of piperidine rings is 1. The van der Waals surface area contributed by atoms with Crippen LogP contribution in [0.4, 0.5) is 58.7 Å². The van der Waals surface area contributed by atoms with Gasteiger partial charge in [0, 0.05) is 184 Å². The standard InChI is InChI=1S/C28H29F3N6O4S.C27H30N8O4S.C22H22N6O3S.C20H19N7O2S/c1-2-32-26(39)36-27-35-23-14-18(17-3-4-21(34-16-17)25(38)28(29,30)31)13-20(24(23)42-27)22-15-19(5-6-33-22)41-12-9-37-7-10-40-11-8-37;1-4-28-25(39)34-26-32-19-12-16(17-13-30-22(15(2)36)31-14-17)11-18(21(19)40-26)23-29-8-5-20(33-23)35-9-6-27(3,7-10-35)24(37)38;1-3-23-21(31)28-22-27-17-9-13(14-10-25-20(26-11-14)18(30)12(2)29)8-15(19(17)32-22)16-6-4-5-7-24-16;1-3-21-19(29)27-20-26-15-8-12(13-9-24-17(11(2)28)25-10-13)7-14(16(15)30-20)18-22-5-4-6-23-18/h3-6,13-16,25,38H,2,7-12H2,1H3,(H2,32,35,36,39);5,8,11-15,36H,4,6-7,9-10H2,1-3H3,(H,37,38)(H2,28,32,34,39);4-12,18,29-30H,3H2,1-2H3,(H2,23,27,28,31);4-11,28H,3H2,1-2H3,(H2,21,26,27,29)/t;;12-,18+;/m..1./s1. The van der Waals surface area contributed by atoms with Crippen molar-refractivity contribution in [2.75, 3.05) is 105 Å². The lowest BCUT2D eigenvalue weighted by Crippen LogP contribution is -2.43. The largest absolute Gasteiger partial charge is 0.492 e. The molecule has 47 heteroatoms. The van der Waals surface area contributed by atoms with Crippen molar-refractivity contribution in [2.45, 2.75) is 105 Å². The molecule has 8 amide bonds. The Balaban J connectivity index is 0.000000146. The lowest BCUT2D eigenvalue weighted by Gasteiger charge is -2.37. The van der Waals surface area contributed by atoms with Crippen LogP contribution in [0.15, 0.2) is 177 Å². The average Bonchev–Trinajstić information content (AvgIpc) is 1.61. The van der Waals surface area contributed by atoms with Gasteiger partial charge in [-0.05, 0) is 175 Å². The number of benzene rings is 4. The number of aromatic nitrogens is 17. The molecule has 2 saturated heterocycles. The Hall–Kier alpha value is -15.1. The molecule has 2 fully saturated rings. The number of pyridine rings is 3. The first-order chi connectivity index (χ1) is 69.4. The number of aliphatic hydroxyl groups is 5. The van der Waals surface area contributed by atoms with Crippen molar-refractivity contribution in [3.63, 3.8) is 0 Å². The van der Waals surface area contributed by atoms with Gasteiger partial charge in [0.15, 0.2) is 55.8 Å². The van der Waals surface area contributed by atoms with Crippen molar-refractivity contribution >= 4 is 143 Å². The number of morpholine rings is 1. The Labute approximate surface area is 837 Å². The number of nitrogens with zero attached hydrogens (tertiary/aromatic N) is 19. The van der Waals surface area contributed by atoms with E-state index in [9.17, 15) is 67.8 Å². The third-order valence-electron chi connectivity index (χ3n) is 22.5. The number of hydrogen-bond acceptors (Lipinski definition) is 35. The highest BCUT2D eigenvalue weighted by molar-refractivity contribution is 7.24. The predicted octanol–water partition coefficient (Wildman–Crippen LogP) is 15.7. The molecule has 16 aromatic rings. The highest BCUT2D eigenvalue weighted by Crippen LogP contribution is 2.45. The third-order valence-corrected chi connectivity index (χ3v) is 26.6. The molecule has 40 nitrogen and oxygen atoms in total. The van der Waals surface area contributed by atoms with Gasteiger partial charge in [-0.15, -0.1) is 0 Å². The number of ether oxygens (including phenoxy) is 2. The summed E-state index contributed by atoms with van der Waals surface area (Å²) in [6.07, 6.45) is 9.36. The number of amides is 8. The Morgan fingerprint density at radius 1 is 0.444 bits per heavy atom. The van der Waals surface area contributed by atoms with E-state index in [1.54, 1.807) is 114 Å². The maximum Gasteiger partial charge on any atom is 0.420 e. The quantitative estimate of drug-likeness (QED) is 0.0227. The number of aliphatic carboxylic acids is 1. The van der Waals surface area contributed by atoms with E-state index in [1.165, 1.54) is 64.5 Å². The monoisotopic (exact) mass is 2040 g/mol. The van der Waals surface area contributed by atoms with Crippen molar-refractivity contribution in [1.29, 1.82) is 0 Å². The molecular formula is C97H100F3N27O13S4. The zero-order valence-electron chi connectivity index (χ0n) is 78.8. The summed E-state index contributed by atoms with van der Waals surface area (Å²) in [6.45, 7) is 21.3. The molecule has 0 bridgehead atoms. The molecule has 2 aliphatic heterocycles. The van der Waals surface area contributed by atoms with Gasteiger partial charge in [0.2, 0.25) is 0 Å². The van der Waals surface area contributed by atoms with Gasteiger partial charge in [-0.3, -0.25) is 45.9 Å². The number of aliphatic hydroxyl groups excluding tert-OH is 5. The van der Waals surface area contributed by atoms with Gasteiger partial charge < -0.3 is 66.3 Å². The summed E-state index contributed by atoms with van der Waals surface area (Å²) in [5.74, 6) is 2.43. The lowest BCUT2D eigenvalue weighted by molar-refractivity contribution is -0.208. The number of alkyl halides is 3. The first-order valence-corrected chi connectivity index (χ1v) is 48.9. The zero-order chi connectivity index (χ0) is 102. The molecule has 5 atom stereocenters. The normalized spacial score (nSPS) is 14.1. The Morgan fingerprint density at radius 3 is 1.28 bits per heavy atom. The fourth-order valence-corrected chi connectivity index (χ4v) is 18.8. The number of carbonyl (C=O) groups excluding carboxylic acids is 4. The minimum Gasteiger partial charge on any atom is -0.492 e. The van der Waals surface area contributed by atoms with E-state index in [0.29, 0.717) is 172 Å². The summed E-state index contributed by atoms with van der Waals surface area (Å²) >= 11 is 5.32. The van der Waals surface area contributed by atoms with Gasteiger partial charge in [0.05, 0.1) is 82.7 Å². The van der Waals surface area contributed by atoms with E-state index in [-0.39, 0.29) is 23.9 Å². The van der Waals surface area contributed by atoms with Gasteiger partial charge in [-0.25, -0.2) is 89.0 Å². The number of thiazole rings is 4. The SMILES string of the molecule is CCNC(=O)Nc1nc2cc(-c3ccc(C(O)C(F)(F)F)nc3)cc(-c3cc(OCCN4CCOCC4)ccn3)c2s1.CCNC(=O)Nc1nc2cc(-c3cnc(C(C)O)nc3)cc(-c3nccc(N4CCC(C)(C(=O)O)CC4)n3)c2s1.CCNC(=O)Nc1nc2cc(-c3cnc(C(C)O)nc3)cc(-c3ncccn3)c2s1.CCNC(=O)Nc1nc2cc(-c3cnc([C@@H](O)[C@@H](C)O)nc3)cc(-c3ccccn3)c2s1. The first kappa shape index (κ1) is 103. The molecule has 0 aliphatic carbocycles. The number of hydrogen-bond donors (Lipinski definition) is 14. The number of fused-ring (bicyclic) bond motifs is 4. The van der Waals surface area contributed by atoms with E-state index in [0.717, 1.165) is 100 Å². The zero-order valence-corrected chi connectivity index (χ0v) is 82.1. The molecule has 0 radical (unpaired) electrons. The van der Waals surface area contributed by atoms with Crippen molar-refractivity contribution in [3.8, 4) is 95.5 Å². The van der Waals surface area contributed by atoms with E-state index >= 15 is 0 Å². The van der Waals surface area contributed by atoms with Crippen LogP contribution in [-0.2, 0) is 9.53 Å². The fraction of sp³-hybridized carbons (Fsp3) is 0.299. The second-order valence-electron chi connectivity index (χ2n) is 33.0. The van der Waals surface area contributed by atoms with E-state index in [2.05, 4.69) is 132 Å². The summed E-state index contributed by atoms with van der Waals surface area (Å²) in [5.41, 5.74) is 11.6. The minimum atomic E-state index is -4.82. The number of anilines is 5. The highest BCUT2D eigenvalue weighted by Gasteiger charge is 2.41. The molecule has 0 spiro atoms. The Kier molecular flexibility index (Phi) is 33.9. The maximum absolute atomic E-state index is 13.0. The Bertz CT molecular complexity index is 7170. The highest BCUT2D eigenvalue weighted by atomic mass is 32.1. The van der Waals surface area contributed by atoms with Gasteiger partial charge >= 0.3 is 36.3 Å². The van der Waals surface area contributed by atoms with Crippen molar-refractivity contribution in [3.05, 3.63) is 201 Å². The summed E-state index contributed by atoms with van der Waals surface area (Å²) in [4.78, 5) is 139. The summed E-state index contributed by atoms with van der Waals surface area (Å²) < 4.78 is 53.6. The number of urea groups is 4. The van der Waals surface area contributed by atoms with Crippen molar-refractivity contribution in [2.24, 2.45) is 5.41 Å². The van der Waals surface area contributed by atoms with Crippen LogP contribution in [-0.4, -0.2) is 241 Å². The number of carboxylic acids is 1. The second-order valence-corrected chi connectivity index (χ2v) is 37.0. The van der Waals surface area contributed by atoms with Crippen LogP contribution in [0, 0.1) is 5.41 Å². The second kappa shape index (κ2) is 47.2. The molecule has 14 N–H and O–H groups in total. The van der Waals surface area contributed by atoms with Gasteiger partial charge in [0.25, 0.3) is 0 Å². The predicted molar refractivity (Wildman–Crippen MR) is 543 cm³/mol. The molecule has 144 heavy (non-hydrogen) atoms. The minimum absolute atomic E-state index is 0.150. The molecule has 4 aromatic carbocycles.